The zero-order valence-corrected chi connectivity index (χ0v) is 11.1. The summed E-state index contributed by atoms with van der Waals surface area (Å²) in [5.41, 5.74) is 6.19. The van der Waals surface area contributed by atoms with Crippen LogP contribution >= 0.6 is 23.2 Å². The molecule has 19 heavy (non-hydrogen) atoms. The second-order valence-corrected chi connectivity index (χ2v) is 4.66. The van der Waals surface area contributed by atoms with Crippen LogP contribution < -0.4 is 11.1 Å². The largest absolute Gasteiger partial charge is 0.398 e. The number of nitrogens with two attached hydrogens (primary N) is 1. The van der Waals surface area contributed by atoms with Gasteiger partial charge in [0.25, 0.3) is 5.91 Å². The van der Waals surface area contributed by atoms with Crippen LogP contribution in [0.4, 0.5) is 15.8 Å². The van der Waals surface area contributed by atoms with E-state index < -0.39 is 11.7 Å². The maximum atomic E-state index is 13.5. The molecule has 1 amide bonds. The molecular formula is C13H9Cl2FN2O. The van der Waals surface area contributed by atoms with Gasteiger partial charge in [-0.15, -0.1) is 0 Å². The summed E-state index contributed by atoms with van der Waals surface area (Å²) in [6.45, 7) is 0. The predicted octanol–water partition coefficient (Wildman–Crippen LogP) is 3.97. The van der Waals surface area contributed by atoms with E-state index in [2.05, 4.69) is 5.32 Å². The van der Waals surface area contributed by atoms with E-state index in [-0.39, 0.29) is 16.3 Å². The van der Waals surface area contributed by atoms with Crippen molar-refractivity contribution in [3.05, 3.63) is 57.8 Å². The van der Waals surface area contributed by atoms with Gasteiger partial charge in [-0.1, -0.05) is 23.2 Å². The molecule has 0 atom stereocenters. The molecule has 0 aliphatic carbocycles. The van der Waals surface area contributed by atoms with Crippen molar-refractivity contribution < 1.29 is 9.18 Å². The van der Waals surface area contributed by atoms with Crippen LogP contribution in [0.3, 0.4) is 0 Å². The van der Waals surface area contributed by atoms with Gasteiger partial charge in [0.15, 0.2) is 0 Å². The average molecular weight is 299 g/mol. The van der Waals surface area contributed by atoms with Gasteiger partial charge in [-0.25, -0.2) is 4.39 Å². The number of benzene rings is 2. The van der Waals surface area contributed by atoms with Crippen LogP contribution in [0.5, 0.6) is 0 Å². The second-order valence-electron chi connectivity index (χ2n) is 3.81. The minimum atomic E-state index is -0.570. The third-order valence-electron chi connectivity index (χ3n) is 2.44. The Kier molecular flexibility index (Phi) is 3.93. The first-order valence-corrected chi connectivity index (χ1v) is 6.04. The molecule has 6 heteroatoms. The minimum Gasteiger partial charge on any atom is -0.398 e. The molecule has 0 spiro atoms. The summed E-state index contributed by atoms with van der Waals surface area (Å²) in [6.07, 6.45) is 0. The lowest BCUT2D eigenvalue weighted by Crippen LogP contribution is -2.13. The standard InChI is InChI=1S/C13H9Cl2FN2O/c14-8-2-3-10(16)12(6-8)18-13(19)7-1-4-11(17)9(15)5-7/h1-6H,17H2,(H,18,19). The third-order valence-corrected chi connectivity index (χ3v) is 3.00. The highest BCUT2D eigenvalue weighted by Crippen LogP contribution is 2.22. The van der Waals surface area contributed by atoms with Crippen LogP contribution in [0.2, 0.25) is 10.0 Å². The number of nitrogens with one attached hydrogen (secondary N) is 1. The fourth-order valence-electron chi connectivity index (χ4n) is 1.46. The first-order valence-electron chi connectivity index (χ1n) is 5.29. The van der Waals surface area contributed by atoms with E-state index in [1.54, 1.807) is 0 Å². The second kappa shape index (κ2) is 5.47. The van der Waals surface area contributed by atoms with Gasteiger partial charge in [-0.05, 0) is 36.4 Å². The van der Waals surface area contributed by atoms with E-state index in [1.807, 2.05) is 0 Å². The molecule has 98 valence electrons. The summed E-state index contributed by atoms with van der Waals surface area (Å²) < 4.78 is 13.5. The zero-order valence-electron chi connectivity index (χ0n) is 9.58. The average Bonchev–Trinajstić information content (AvgIpc) is 2.37. The monoisotopic (exact) mass is 298 g/mol. The van der Waals surface area contributed by atoms with Crippen LogP contribution in [0.25, 0.3) is 0 Å². The van der Waals surface area contributed by atoms with Gasteiger partial charge in [0.2, 0.25) is 0 Å². The number of halogens is 3. The summed E-state index contributed by atoms with van der Waals surface area (Å²) in [5, 5.41) is 3.01. The minimum absolute atomic E-state index is 0.00504. The van der Waals surface area contributed by atoms with Crippen molar-refractivity contribution in [2.24, 2.45) is 0 Å². The molecule has 0 unspecified atom stereocenters. The Labute approximate surface area is 119 Å². The summed E-state index contributed by atoms with van der Waals surface area (Å²) in [4.78, 5) is 11.9. The Hall–Kier alpha value is -1.78. The lowest BCUT2D eigenvalue weighted by Gasteiger charge is -2.07. The third kappa shape index (κ3) is 3.16. The van der Waals surface area contributed by atoms with Gasteiger partial charge < -0.3 is 11.1 Å². The van der Waals surface area contributed by atoms with E-state index >= 15 is 0 Å². The fraction of sp³-hybridized carbons (Fsp3) is 0. The number of rotatable bonds is 2. The first-order chi connectivity index (χ1) is 8.97. The van der Waals surface area contributed by atoms with Crippen molar-refractivity contribution in [3.8, 4) is 0 Å². The molecule has 0 saturated carbocycles. The number of anilines is 2. The summed E-state index contributed by atoms with van der Waals surface area (Å²) in [6, 6.07) is 8.31. The van der Waals surface area contributed by atoms with Gasteiger partial charge in [-0.2, -0.15) is 0 Å². The molecule has 0 heterocycles. The Morgan fingerprint density at radius 2 is 1.89 bits per heavy atom. The van der Waals surface area contributed by atoms with Crippen LogP contribution in [0.1, 0.15) is 10.4 Å². The normalized spacial score (nSPS) is 10.3. The molecular weight excluding hydrogens is 290 g/mol. The molecule has 2 aromatic carbocycles. The lowest BCUT2D eigenvalue weighted by atomic mass is 10.2. The Balaban J connectivity index is 2.25. The quantitative estimate of drug-likeness (QED) is 0.824. The molecule has 0 radical (unpaired) electrons. The number of nitrogen functional groups attached to an aromatic ring is 1. The fourth-order valence-corrected chi connectivity index (χ4v) is 1.81. The van der Waals surface area contributed by atoms with Gasteiger partial charge in [0.1, 0.15) is 5.82 Å². The molecule has 0 aromatic heterocycles. The highest BCUT2D eigenvalue weighted by Gasteiger charge is 2.11. The van der Waals surface area contributed by atoms with E-state index in [0.717, 1.165) is 0 Å². The molecule has 0 saturated heterocycles. The number of hydrogen-bond donors (Lipinski definition) is 2. The maximum Gasteiger partial charge on any atom is 0.255 e. The summed E-state index contributed by atoms with van der Waals surface area (Å²) in [5.74, 6) is -1.07. The predicted molar refractivity (Wildman–Crippen MR) is 75.2 cm³/mol. The van der Waals surface area contributed by atoms with Gasteiger partial charge in [0, 0.05) is 10.6 Å². The Bertz CT molecular complexity index is 647. The molecule has 2 aromatic rings. The van der Waals surface area contributed by atoms with Gasteiger partial charge >= 0.3 is 0 Å². The van der Waals surface area contributed by atoms with Gasteiger partial charge in [0.05, 0.1) is 16.4 Å². The van der Waals surface area contributed by atoms with E-state index in [0.29, 0.717) is 10.7 Å². The molecule has 3 nitrogen and oxygen atoms in total. The Morgan fingerprint density at radius 3 is 2.58 bits per heavy atom. The maximum absolute atomic E-state index is 13.5. The molecule has 0 aliphatic heterocycles. The van der Waals surface area contributed by atoms with Crippen LogP contribution in [-0.2, 0) is 0 Å². The SMILES string of the molecule is Nc1ccc(C(=O)Nc2cc(Cl)ccc2F)cc1Cl. The van der Waals surface area contributed by atoms with Gasteiger partial charge in [-0.3, -0.25) is 4.79 Å². The number of amides is 1. The number of hydrogen-bond acceptors (Lipinski definition) is 2. The zero-order chi connectivity index (χ0) is 14.0. The molecule has 3 N–H and O–H groups in total. The summed E-state index contributed by atoms with van der Waals surface area (Å²) >= 11 is 11.6. The van der Waals surface area contributed by atoms with Crippen molar-refractivity contribution >= 4 is 40.5 Å². The van der Waals surface area contributed by atoms with Crippen LogP contribution in [-0.4, -0.2) is 5.91 Å². The van der Waals surface area contributed by atoms with Crippen molar-refractivity contribution in [3.63, 3.8) is 0 Å². The van der Waals surface area contributed by atoms with Crippen molar-refractivity contribution in [1.29, 1.82) is 0 Å². The highest BCUT2D eigenvalue weighted by atomic mass is 35.5. The molecule has 0 fully saturated rings. The number of carbonyl (C=O) groups excluding carboxylic acids is 1. The first kappa shape index (κ1) is 13.6. The van der Waals surface area contributed by atoms with Crippen molar-refractivity contribution in [1.82, 2.24) is 0 Å². The van der Waals surface area contributed by atoms with E-state index in [1.165, 1.54) is 36.4 Å². The lowest BCUT2D eigenvalue weighted by molar-refractivity contribution is 0.102. The van der Waals surface area contributed by atoms with Crippen LogP contribution in [0.15, 0.2) is 36.4 Å². The van der Waals surface area contributed by atoms with Crippen molar-refractivity contribution in [2.45, 2.75) is 0 Å². The van der Waals surface area contributed by atoms with E-state index in [9.17, 15) is 9.18 Å². The van der Waals surface area contributed by atoms with E-state index in [4.69, 9.17) is 28.9 Å². The topological polar surface area (TPSA) is 55.1 Å². The molecule has 2 rings (SSSR count). The highest BCUT2D eigenvalue weighted by molar-refractivity contribution is 6.33. The summed E-state index contributed by atoms with van der Waals surface area (Å²) in [7, 11) is 0. The number of carbonyl (C=O) groups is 1. The molecule has 0 bridgehead atoms. The smallest absolute Gasteiger partial charge is 0.255 e. The molecule has 0 aliphatic rings. The Morgan fingerprint density at radius 1 is 1.16 bits per heavy atom. The van der Waals surface area contributed by atoms with Crippen LogP contribution in [0, 0.1) is 5.82 Å². The van der Waals surface area contributed by atoms with Crippen molar-refractivity contribution in [2.75, 3.05) is 11.1 Å².